The summed E-state index contributed by atoms with van der Waals surface area (Å²) in [6, 6.07) is 5.33. The summed E-state index contributed by atoms with van der Waals surface area (Å²) in [5, 5.41) is 10.1. The van der Waals surface area contributed by atoms with Crippen molar-refractivity contribution < 1.29 is 19.3 Å². The van der Waals surface area contributed by atoms with Gasteiger partial charge < -0.3 is 19.3 Å². The van der Waals surface area contributed by atoms with E-state index in [-0.39, 0.29) is 6.10 Å². The van der Waals surface area contributed by atoms with Gasteiger partial charge in [-0.2, -0.15) is 0 Å². The van der Waals surface area contributed by atoms with Crippen molar-refractivity contribution in [3.05, 3.63) is 23.8 Å². The first-order valence-electron chi connectivity index (χ1n) is 5.65. The van der Waals surface area contributed by atoms with Crippen molar-refractivity contribution in [2.24, 2.45) is 0 Å². The van der Waals surface area contributed by atoms with E-state index < -0.39 is 6.10 Å². The largest absolute Gasteiger partial charge is 0.497 e. The van der Waals surface area contributed by atoms with Crippen molar-refractivity contribution in [3.63, 3.8) is 0 Å². The summed E-state index contributed by atoms with van der Waals surface area (Å²) in [4.78, 5) is 0. The van der Waals surface area contributed by atoms with Gasteiger partial charge in [0.05, 0.1) is 20.3 Å². The molecule has 0 heterocycles. The molecule has 0 aromatic heterocycles. The minimum absolute atomic E-state index is 0.267. The first kappa shape index (κ1) is 13.8. The lowest BCUT2D eigenvalue weighted by atomic mass is 10.0. The summed E-state index contributed by atoms with van der Waals surface area (Å²) in [5.41, 5.74) is 0.724. The third kappa shape index (κ3) is 3.61. The van der Waals surface area contributed by atoms with E-state index in [1.54, 1.807) is 32.4 Å². The third-order valence-electron chi connectivity index (χ3n) is 2.59. The topological polar surface area (TPSA) is 47.9 Å². The zero-order valence-corrected chi connectivity index (χ0v) is 10.8. The molecule has 0 saturated carbocycles. The lowest BCUT2D eigenvalue weighted by Gasteiger charge is -2.20. The second-order valence-corrected chi connectivity index (χ2v) is 3.75. The van der Waals surface area contributed by atoms with Crippen LogP contribution in [0.3, 0.4) is 0 Å². The van der Waals surface area contributed by atoms with Gasteiger partial charge in [-0.1, -0.05) is 0 Å². The number of ether oxygens (including phenoxy) is 3. The molecule has 96 valence electrons. The van der Waals surface area contributed by atoms with Gasteiger partial charge in [0.2, 0.25) is 0 Å². The molecule has 4 nitrogen and oxygen atoms in total. The molecule has 2 atom stereocenters. The summed E-state index contributed by atoms with van der Waals surface area (Å²) in [6.45, 7) is 4.30. The lowest BCUT2D eigenvalue weighted by molar-refractivity contribution is -0.0229. The Hall–Kier alpha value is -1.26. The van der Waals surface area contributed by atoms with Crippen LogP contribution in [0.5, 0.6) is 11.5 Å². The number of methoxy groups -OCH3 is 2. The Balaban J connectivity index is 2.95. The molecule has 0 bridgehead atoms. The second kappa shape index (κ2) is 6.47. The first-order chi connectivity index (χ1) is 8.12. The average Bonchev–Trinajstić information content (AvgIpc) is 2.37. The van der Waals surface area contributed by atoms with Gasteiger partial charge in [-0.25, -0.2) is 0 Å². The van der Waals surface area contributed by atoms with E-state index in [0.29, 0.717) is 18.1 Å². The standard InChI is InChI=1S/C13H20O4/c1-5-17-9(2)13(14)10-6-11(15-3)8-12(7-10)16-4/h6-9,13-14H,5H2,1-4H3. The Morgan fingerprint density at radius 3 is 2.06 bits per heavy atom. The number of hydrogen-bond donors (Lipinski definition) is 1. The van der Waals surface area contributed by atoms with Gasteiger partial charge in [-0.15, -0.1) is 0 Å². The van der Waals surface area contributed by atoms with Gasteiger partial charge >= 0.3 is 0 Å². The predicted octanol–water partition coefficient (Wildman–Crippen LogP) is 2.16. The van der Waals surface area contributed by atoms with Crippen molar-refractivity contribution in [2.45, 2.75) is 26.1 Å². The van der Waals surface area contributed by atoms with Gasteiger partial charge in [0.15, 0.2) is 0 Å². The molecule has 0 saturated heterocycles. The van der Waals surface area contributed by atoms with Gasteiger partial charge in [-0.05, 0) is 31.5 Å². The fraction of sp³-hybridized carbons (Fsp3) is 0.538. The van der Waals surface area contributed by atoms with E-state index in [4.69, 9.17) is 14.2 Å². The Labute approximate surface area is 102 Å². The highest BCUT2D eigenvalue weighted by atomic mass is 16.5. The maximum atomic E-state index is 10.1. The molecule has 0 aliphatic heterocycles. The first-order valence-corrected chi connectivity index (χ1v) is 5.65. The van der Waals surface area contributed by atoms with Gasteiger partial charge in [0.1, 0.15) is 17.6 Å². The molecule has 0 aliphatic carbocycles. The van der Waals surface area contributed by atoms with Crippen molar-refractivity contribution >= 4 is 0 Å². The summed E-state index contributed by atoms with van der Waals surface area (Å²) in [6.07, 6.45) is -0.962. The Morgan fingerprint density at radius 1 is 1.12 bits per heavy atom. The summed E-state index contributed by atoms with van der Waals surface area (Å²) in [7, 11) is 3.16. The molecular formula is C13H20O4. The molecule has 0 fully saturated rings. The van der Waals surface area contributed by atoms with Gasteiger partial charge in [0, 0.05) is 12.7 Å². The molecular weight excluding hydrogens is 220 g/mol. The van der Waals surface area contributed by atoms with Crippen LogP contribution >= 0.6 is 0 Å². The maximum Gasteiger partial charge on any atom is 0.122 e. The van der Waals surface area contributed by atoms with Crippen LogP contribution in [0.1, 0.15) is 25.5 Å². The molecule has 17 heavy (non-hydrogen) atoms. The van der Waals surface area contributed by atoms with E-state index >= 15 is 0 Å². The van der Waals surface area contributed by atoms with Crippen LogP contribution in [-0.4, -0.2) is 32.0 Å². The highest BCUT2D eigenvalue weighted by Crippen LogP contribution is 2.28. The molecule has 0 spiro atoms. The number of hydrogen-bond acceptors (Lipinski definition) is 4. The molecule has 1 rings (SSSR count). The lowest BCUT2D eigenvalue weighted by Crippen LogP contribution is -2.18. The van der Waals surface area contributed by atoms with Crippen LogP contribution in [0.25, 0.3) is 0 Å². The molecule has 1 aromatic rings. The minimum atomic E-state index is -0.695. The van der Waals surface area contributed by atoms with Crippen LogP contribution in [0.15, 0.2) is 18.2 Å². The summed E-state index contributed by atoms with van der Waals surface area (Å²) < 4.78 is 15.7. The van der Waals surface area contributed by atoms with E-state index in [1.807, 2.05) is 13.8 Å². The molecule has 1 N–H and O–H groups in total. The number of aliphatic hydroxyl groups is 1. The van der Waals surface area contributed by atoms with E-state index in [2.05, 4.69) is 0 Å². The SMILES string of the molecule is CCOC(C)C(O)c1cc(OC)cc(OC)c1. The predicted molar refractivity (Wildman–Crippen MR) is 65.6 cm³/mol. The van der Waals surface area contributed by atoms with Gasteiger partial charge in [0.25, 0.3) is 0 Å². The minimum Gasteiger partial charge on any atom is -0.497 e. The van der Waals surface area contributed by atoms with Crippen LogP contribution in [0, 0.1) is 0 Å². The molecule has 0 amide bonds. The zero-order chi connectivity index (χ0) is 12.8. The number of rotatable bonds is 6. The highest BCUT2D eigenvalue weighted by Gasteiger charge is 2.18. The zero-order valence-electron chi connectivity index (χ0n) is 10.8. The molecule has 0 aliphatic rings. The quantitative estimate of drug-likeness (QED) is 0.827. The van der Waals surface area contributed by atoms with Crippen LogP contribution < -0.4 is 9.47 Å². The third-order valence-corrected chi connectivity index (χ3v) is 2.59. The Morgan fingerprint density at radius 2 is 1.65 bits per heavy atom. The molecule has 0 radical (unpaired) electrons. The highest BCUT2D eigenvalue weighted by molar-refractivity contribution is 5.39. The molecule has 1 aromatic carbocycles. The van der Waals surface area contributed by atoms with Crippen molar-refractivity contribution in [1.82, 2.24) is 0 Å². The summed E-state index contributed by atoms with van der Waals surface area (Å²) >= 11 is 0. The average molecular weight is 240 g/mol. The van der Waals surface area contributed by atoms with Crippen LogP contribution in [0.4, 0.5) is 0 Å². The maximum absolute atomic E-state index is 10.1. The summed E-state index contributed by atoms with van der Waals surface area (Å²) in [5.74, 6) is 1.31. The fourth-order valence-electron chi connectivity index (χ4n) is 1.63. The van der Waals surface area contributed by atoms with Gasteiger partial charge in [-0.3, -0.25) is 0 Å². The smallest absolute Gasteiger partial charge is 0.122 e. The van der Waals surface area contributed by atoms with E-state index in [9.17, 15) is 5.11 Å². The van der Waals surface area contributed by atoms with Crippen LogP contribution in [0.2, 0.25) is 0 Å². The van der Waals surface area contributed by atoms with Crippen LogP contribution in [-0.2, 0) is 4.74 Å². The fourth-order valence-corrected chi connectivity index (χ4v) is 1.63. The van der Waals surface area contributed by atoms with E-state index in [0.717, 1.165) is 5.56 Å². The number of aliphatic hydroxyl groups excluding tert-OH is 1. The monoisotopic (exact) mass is 240 g/mol. The van der Waals surface area contributed by atoms with E-state index in [1.165, 1.54) is 0 Å². The molecule has 2 unspecified atom stereocenters. The van der Waals surface area contributed by atoms with Crippen molar-refractivity contribution in [2.75, 3.05) is 20.8 Å². The van der Waals surface area contributed by atoms with Crippen molar-refractivity contribution in [3.8, 4) is 11.5 Å². The second-order valence-electron chi connectivity index (χ2n) is 3.75. The van der Waals surface area contributed by atoms with Crippen molar-refractivity contribution in [1.29, 1.82) is 0 Å². The number of benzene rings is 1. The Kier molecular flexibility index (Phi) is 5.25. The normalized spacial score (nSPS) is 14.2. The molecule has 4 heteroatoms. The Bertz CT molecular complexity index is 329.